The fourth-order valence-electron chi connectivity index (χ4n) is 3.44. The van der Waals surface area contributed by atoms with Crippen LogP contribution in [0.3, 0.4) is 0 Å². The van der Waals surface area contributed by atoms with Gasteiger partial charge in [0.15, 0.2) is 6.10 Å². The fourth-order valence-corrected chi connectivity index (χ4v) is 3.63. The lowest BCUT2D eigenvalue weighted by atomic mass is 10.1. The highest BCUT2D eigenvalue weighted by Crippen LogP contribution is 2.36. The lowest BCUT2D eigenvalue weighted by molar-refractivity contribution is -0.125. The van der Waals surface area contributed by atoms with Gasteiger partial charge in [-0.3, -0.25) is 9.59 Å². The van der Waals surface area contributed by atoms with Gasteiger partial charge in [-0.2, -0.15) is 0 Å². The Hall–Kier alpha value is -3.31. The van der Waals surface area contributed by atoms with Crippen molar-refractivity contribution in [3.05, 3.63) is 88.9 Å². The average Bonchev–Trinajstić information content (AvgIpc) is 2.75. The number of carbonyl (C=O) groups excluding carboxylic acids is 2. The molecule has 1 aliphatic heterocycles. The van der Waals surface area contributed by atoms with Gasteiger partial charge >= 0.3 is 0 Å². The minimum Gasteiger partial charge on any atom is -0.479 e. The average molecular weight is 421 g/mol. The SMILES string of the molecule is CC1Oc2cc(NC(=O)c3cccc(Cl)c3)ccc2N(CCc2ccccc2)C1=O. The van der Waals surface area contributed by atoms with E-state index in [0.717, 1.165) is 12.0 Å². The van der Waals surface area contributed by atoms with E-state index in [4.69, 9.17) is 16.3 Å². The number of carbonyl (C=O) groups is 2. The molecule has 0 fully saturated rings. The van der Waals surface area contributed by atoms with E-state index in [9.17, 15) is 9.59 Å². The molecule has 3 aromatic carbocycles. The molecule has 1 heterocycles. The molecule has 1 unspecified atom stereocenters. The molecule has 0 aromatic heterocycles. The van der Waals surface area contributed by atoms with Crippen LogP contribution in [0.2, 0.25) is 5.02 Å². The Morgan fingerprint density at radius 1 is 1.07 bits per heavy atom. The summed E-state index contributed by atoms with van der Waals surface area (Å²) in [5.41, 5.74) is 2.92. The second-order valence-electron chi connectivity index (χ2n) is 7.13. The molecule has 1 aliphatic rings. The third-order valence-electron chi connectivity index (χ3n) is 4.98. The van der Waals surface area contributed by atoms with E-state index in [1.54, 1.807) is 54.3 Å². The molecule has 30 heavy (non-hydrogen) atoms. The zero-order valence-corrected chi connectivity index (χ0v) is 17.2. The first-order chi connectivity index (χ1) is 14.5. The number of benzene rings is 3. The van der Waals surface area contributed by atoms with Crippen molar-refractivity contribution in [1.82, 2.24) is 0 Å². The maximum absolute atomic E-state index is 12.7. The lowest BCUT2D eigenvalue weighted by Crippen LogP contribution is -2.45. The van der Waals surface area contributed by atoms with Crippen LogP contribution in [0, 0.1) is 0 Å². The van der Waals surface area contributed by atoms with Crippen LogP contribution >= 0.6 is 11.6 Å². The van der Waals surface area contributed by atoms with E-state index in [2.05, 4.69) is 5.32 Å². The lowest BCUT2D eigenvalue weighted by Gasteiger charge is -2.33. The van der Waals surface area contributed by atoms with Gasteiger partial charge in [0.1, 0.15) is 5.75 Å². The van der Waals surface area contributed by atoms with Gasteiger partial charge in [0.2, 0.25) is 0 Å². The molecule has 0 spiro atoms. The van der Waals surface area contributed by atoms with E-state index in [1.165, 1.54) is 0 Å². The van der Waals surface area contributed by atoms with Crippen molar-refractivity contribution in [3.63, 3.8) is 0 Å². The van der Waals surface area contributed by atoms with Crippen molar-refractivity contribution in [2.45, 2.75) is 19.4 Å². The van der Waals surface area contributed by atoms with E-state index in [0.29, 0.717) is 34.3 Å². The van der Waals surface area contributed by atoms with Gasteiger partial charge in [-0.05, 0) is 49.2 Å². The first-order valence-corrected chi connectivity index (χ1v) is 10.1. The number of amides is 2. The summed E-state index contributed by atoms with van der Waals surface area (Å²) in [6, 6.07) is 22.1. The number of nitrogens with zero attached hydrogens (tertiary/aromatic N) is 1. The Labute approximate surface area is 180 Å². The zero-order valence-electron chi connectivity index (χ0n) is 16.5. The van der Waals surface area contributed by atoms with Crippen molar-refractivity contribution in [1.29, 1.82) is 0 Å². The Morgan fingerprint density at radius 3 is 2.63 bits per heavy atom. The highest BCUT2D eigenvalue weighted by molar-refractivity contribution is 6.31. The summed E-state index contributed by atoms with van der Waals surface area (Å²) >= 11 is 5.97. The molecule has 0 aliphatic carbocycles. The molecule has 4 rings (SSSR count). The fraction of sp³-hybridized carbons (Fsp3) is 0.167. The summed E-state index contributed by atoms with van der Waals surface area (Å²) in [5.74, 6) is 0.228. The van der Waals surface area contributed by atoms with Crippen molar-refractivity contribution in [2.24, 2.45) is 0 Å². The minimum absolute atomic E-state index is 0.0749. The predicted octanol–water partition coefficient (Wildman–Crippen LogP) is 4.95. The van der Waals surface area contributed by atoms with Gasteiger partial charge in [-0.1, -0.05) is 48.0 Å². The van der Waals surface area contributed by atoms with Crippen LogP contribution in [-0.2, 0) is 11.2 Å². The molecule has 0 radical (unpaired) electrons. The second-order valence-corrected chi connectivity index (χ2v) is 7.57. The van der Waals surface area contributed by atoms with E-state index in [-0.39, 0.29) is 11.8 Å². The van der Waals surface area contributed by atoms with Crippen LogP contribution in [0.15, 0.2) is 72.8 Å². The van der Waals surface area contributed by atoms with Crippen molar-refractivity contribution in [2.75, 3.05) is 16.8 Å². The molecule has 0 bridgehead atoms. The second kappa shape index (κ2) is 8.59. The van der Waals surface area contributed by atoms with Crippen LogP contribution in [0.5, 0.6) is 5.75 Å². The Morgan fingerprint density at radius 2 is 1.87 bits per heavy atom. The predicted molar refractivity (Wildman–Crippen MR) is 118 cm³/mol. The maximum Gasteiger partial charge on any atom is 0.267 e. The number of ether oxygens (including phenoxy) is 1. The number of hydrogen-bond donors (Lipinski definition) is 1. The molecule has 2 amide bonds. The Kier molecular flexibility index (Phi) is 5.72. The number of anilines is 2. The molecule has 152 valence electrons. The maximum atomic E-state index is 12.7. The van der Waals surface area contributed by atoms with Crippen LogP contribution in [0.1, 0.15) is 22.8 Å². The van der Waals surface area contributed by atoms with E-state index in [1.807, 2.05) is 30.3 Å². The first kappa shape index (κ1) is 20.0. The quantitative estimate of drug-likeness (QED) is 0.635. The molecule has 0 saturated carbocycles. The first-order valence-electron chi connectivity index (χ1n) is 9.74. The molecule has 5 nitrogen and oxygen atoms in total. The summed E-state index contributed by atoms with van der Waals surface area (Å²) < 4.78 is 5.81. The Bertz CT molecular complexity index is 1080. The topological polar surface area (TPSA) is 58.6 Å². The highest BCUT2D eigenvalue weighted by atomic mass is 35.5. The zero-order chi connectivity index (χ0) is 21.1. The largest absolute Gasteiger partial charge is 0.479 e. The molecule has 1 N–H and O–H groups in total. The monoisotopic (exact) mass is 420 g/mol. The van der Waals surface area contributed by atoms with E-state index >= 15 is 0 Å². The number of nitrogens with one attached hydrogen (secondary N) is 1. The summed E-state index contributed by atoms with van der Waals surface area (Å²) in [4.78, 5) is 27.0. The highest BCUT2D eigenvalue weighted by Gasteiger charge is 2.31. The molecule has 1 atom stereocenters. The van der Waals surface area contributed by atoms with Gasteiger partial charge in [0, 0.05) is 28.9 Å². The standard InChI is InChI=1S/C24H21ClN2O3/c1-16-24(29)27(13-12-17-6-3-2-4-7-17)21-11-10-20(15-22(21)30-16)26-23(28)18-8-5-9-19(25)14-18/h2-11,14-16H,12-13H2,1H3,(H,26,28). The van der Waals surface area contributed by atoms with Gasteiger partial charge in [-0.25, -0.2) is 0 Å². The summed E-state index contributed by atoms with van der Waals surface area (Å²) in [7, 11) is 0. The summed E-state index contributed by atoms with van der Waals surface area (Å²) in [5, 5.41) is 3.35. The smallest absolute Gasteiger partial charge is 0.267 e. The third-order valence-corrected chi connectivity index (χ3v) is 5.21. The normalized spacial score (nSPS) is 15.3. The van der Waals surface area contributed by atoms with Gasteiger partial charge in [0.25, 0.3) is 11.8 Å². The molecule has 6 heteroatoms. The van der Waals surface area contributed by atoms with Crippen molar-refractivity contribution >= 4 is 34.8 Å². The Balaban J connectivity index is 1.54. The molecular weight excluding hydrogens is 400 g/mol. The van der Waals surface area contributed by atoms with Gasteiger partial charge in [-0.15, -0.1) is 0 Å². The van der Waals surface area contributed by atoms with Gasteiger partial charge in [0.05, 0.1) is 5.69 Å². The molecule has 3 aromatic rings. The van der Waals surface area contributed by atoms with Crippen LogP contribution in [0.25, 0.3) is 0 Å². The van der Waals surface area contributed by atoms with Crippen LogP contribution in [0.4, 0.5) is 11.4 Å². The number of hydrogen-bond acceptors (Lipinski definition) is 3. The third kappa shape index (κ3) is 4.31. The van der Waals surface area contributed by atoms with Crippen LogP contribution in [-0.4, -0.2) is 24.5 Å². The van der Waals surface area contributed by atoms with Crippen molar-refractivity contribution in [3.8, 4) is 5.75 Å². The van der Waals surface area contributed by atoms with E-state index < -0.39 is 6.10 Å². The summed E-state index contributed by atoms with van der Waals surface area (Å²) in [6.07, 6.45) is 0.151. The molecule has 0 saturated heterocycles. The van der Waals surface area contributed by atoms with Crippen molar-refractivity contribution < 1.29 is 14.3 Å². The van der Waals surface area contributed by atoms with Gasteiger partial charge < -0.3 is 15.0 Å². The van der Waals surface area contributed by atoms with Crippen LogP contribution < -0.4 is 15.0 Å². The number of rotatable bonds is 5. The molecular formula is C24H21ClN2O3. The number of fused-ring (bicyclic) bond motifs is 1. The summed E-state index contributed by atoms with van der Waals surface area (Å²) in [6.45, 7) is 2.29. The number of halogens is 1. The minimum atomic E-state index is -0.591.